The van der Waals surface area contributed by atoms with E-state index in [-0.39, 0.29) is 5.91 Å². The molecule has 0 aliphatic carbocycles. The Kier molecular flexibility index (Phi) is 10.8. The molecule has 41 heavy (non-hydrogen) atoms. The van der Waals surface area contributed by atoms with Crippen molar-refractivity contribution in [1.29, 1.82) is 0 Å². The fourth-order valence-corrected chi connectivity index (χ4v) is 5.94. The van der Waals surface area contributed by atoms with Gasteiger partial charge in [-0.1, -0.05) is 71.2 Å². The number of aliphatic imine (C=N–C) groups is 1. The van der Waals surface area contributed by atoms with Crippen LogP contribution in [0.25, 0.3) is 0 Å². The summed E-state index contributed by atoms with van der Waals surface area (Å²) in [6.07, 6.45) is 3.85. The molecule has 6 nitrogen and oxygen atoms in total. The van der Waals surface area contributed by atoms with E-state index < -0.39 is 17.6 Å². The third-order valence-electron chi connectivity index (χ3n) is 7.33. The first kappa shape index (κ1) is 31.4. The maximum atomic E-state index is 14.0. The van der Waals surface area contributed by atoms with Crippen molar-refractivity contribution in [3.05, 3.63) is 98.5 Å². The van der Waals surface area contributed by atoms with Crippen molar-refractivity contribution in [3.8, 4) is 0 Å². The highest BCUT2D eigenvalue weighted by Crippen LogP contribution is 2.34. The van der Waals surface area contributed by atoms with Gasteiger partial charge in [-0.25, -0.2) is 4.79 Å². The fraction of sp³-hybridized carbons (Fsp3) is 0.323. The molecule has 1 amide bonds. The van der Waals surface area contributed by atoms with Crippen molar-refractivity contribution in [2.75, 3.05) is 23.9 Å². The second kappa shape index (κ2) is 14.1. The molecule has 0 bridgehead atoms. The molecule has 0 spiro atoms. The van der Waals surface area contributed by atoms with Gasteiger partial charge in [-0.15, -0.1) is 0 Å². The summed E-state index contributed by atoms with van der Waals surface area (Å²) in [5.41, 5.74) is 2.45. The molecule has 0 unspecified atom stereocenters. The van der Waals surface area contributed by atoms with Gasteiger partial charge in [0.05, 0.1) is 27.0 Å². The maximum absolute atomic E-state index is 14.0. The lowest BCUT2D eigenvalue weighted by Gasteiger charge is -2.34. The van der Waals surface area contributed by atoms with Gasteiger partial charge in [0.1, 0.15) is 6.04 Å². The van der Waals surface area contributed by atoms with Crippen LogP contribution in [0, 0.1) is 0 Å². The molecule has 0 radical (unpaired) electrons. The van der Waals surface area contributed by atoms with Crippen LogP contribution in [-0.4, -0.2) is 57.7 Å². The van der Waals surface area contributed by atoms with E-state index in [4.69, 9.17) is 39.8 Å². The van der Waals surface area contributed by atoms with Gasteiger partial charge in [-0.3, -0.25) is 14.7 Å². The normalized spacial score (nSPS) is 18.3. The van der Waals surface area contributed by atoms with Gasteiger partial charge in [-0.2, -0.15) is 11.8 Å². The van der Waals surface area contributed by atoms with Crippen molar-refractivity contribution in [2.24, 2.45) is 4.99 Å². The van der Waals surface area contributed by atoms with Crippen molar-refractivity contribution in [1.82, 2.24) is 4.90 Å². The molecule has 3 aromatic carbocycles. The standard InChI is InChI=1S/C31H32Cl3N3O3S/c1-31(14-6-15-37(31)19-20-9-11-24(33)25(34)17-20)30(40)36-26-12-10-22(32)18-23(26)28(21-7-4-3-5-8-21)35-27(29(38)39)13-16-41-2/h3-5,7-12,17-18,27H,6,13-16,19H2,1-2H3,(H,36,40)(H,38,39)/t27-,31+/m1/s1. The quantitative estimate of drug-likeness (QED) is 0.212. The molecule has 1 saturated heterocycles. The number of carbonyl (C=O) groups excluding carboxylic acids is 1. The summed E-state index contributed by atoms with van der Waals surface area (Å²) in [5.74, 6) is -0.519. The molecule has 1 aliphatic rings. The van der Waals surface area contributed by atoms with Crippen LogP contribution in [0.1, 0.15) is 42.9 Å². The number of likely N-dealkylation sites (tertiary alicyclic amines) is 1. The molecule has 4 rings (SSSR count). The van der Waals surface area contributed by atoms with Crippen LogP contribution in [0.15, 0.2) is 71.7 Å². The fourth-order valence-electron chi connectivity index (χ4n) is 4.99. The van der Waals surface area contributed by atoms with Gasteiger partial charge in [0.25, 0.3) is 0 Å². The predicted molar refractivity (Wildman–Crippen MR) is 171 cm³/mol. The molecule has 1 aliphatic heterocycles. The number of benzene rings is 3. The third kappa shape index (κ3) is 7.65. The van der Waals surface area contributed by atoms with Gasteiger partial charge in [0, 0.05) is 22.7 Å². The molecular formula is C31H32Cl3N3O3S. The van der Waals surface area contributed by atoms with Crippen LogP contribution in [0.5, 0.6) is 0 Å². The minimum Gasteiger partial charge on any atom is -0.480 e. The summed E-state index contributed by atoms with van der Waals surface area (Å²) in [6.45, 7) is 3.24. The first-order chi connectivity index (χ1) is 19.6. The van der Waals surface area contributed by atoms with Gasteiger partial charge < -0.3 is 10.4 Å². The SMILES string of the molecule is CSCC[C@@H](N=C(c1ccccc1)c1cc(Cl)ccc1NC(=O)[C@]1(C)CCCN1Cc1ccc(Cl)c(Cl)c1)C(=O)O. The summed E-state index contributed by atoms with van der Waals surface area (Å²) in [7, 11) is 0. The van der Waals surface area contributed by atoms with Crippen molar-refractivity contribution in [3.63, 3.8) is 0 Å². The van der Waals surface area contributed by atoms with Crippen LogP contribution in [0.2, 0.25) is 15.1 Å². The van der Waals surface area contributed by atoms with Crippen molar-refractivity contribution in [2.45, 2.75) is 44.3 Å². The minimum atomic E-state index is -1.00. The Balaban J connectivity index is 1.69. The third-order valence-corrected chi connectivity index (χ3v) is 8.95. The lowest BCUT2D eigenvalue weighted by atomic mass is 9.95. The van der Waals surface area contributed by atoms with E-state index in [2.05, 4.69) is 10.2 Å². The van der Waals surface area contributed by atoms with Crippen LogP contribution in [0.4, 0.5) is 5.69 Å². The first-order valence-corrected chi connectivity index (χ1v) is 15.8. The van der Waals surface area contributed by atoms with E-state index in [0.717, 1.165) is 24.1 Å². The molecule has 1 fully saturated rings. The zero-order valence-corrected chi connectivity index (χ0v) is 26.0. The molecule has 2 atom stereocenters. The monoisotopic (exact) mass is 631 g/mol. The number of hydrogen-bond acceptors (Lipinski definition) is 5. The smallest absolute Gasteiger partial charge is 0.328 e. The van der Waals surface area contributed by atoms with Gasteiger partial charge in [0.15, 0.2) is 0 Å². The number of thioether (sulfide) groups is 1. The van der Waals surface area contributed by atoms with Gasteiger partial charge in [-0.05, 0) is 80.6 Å². The summed E-state index contributed by atoms with van der Waals surface area (Å²) in [6, 6.07) is 19.1. The number of carboxylic acid groups (broad SMARTS) is 1. The maximum Gasteiger partial charge on any atom is 0.328 e. The molecule has 2 N–H and O–H groups in total. The first-order valence-electron chi connectivity index (χ1n) is 13.3. The van der Waals surface area contributed by atoms with Crippen LogP contribution >= 0.6 is 46.6 Å². The molecule has 0 saturated carbocycles. The minimum absolute atomic E-state index is 0.164. The molecule has 3 aromatic rings. The van der Waals surface area contributed by atoms with Crippen LogP contribution < -0.4 is 5.32 Å². The number of hydrogen-bond donors (Lipinski definition) is 2. The molecule has 10 heteroatoms. The van der Waals surface area contributed by atoms with E-state index >= 15 is 0 Å². The van der Waals surface area contributed by atoms with Gasteiger partial charge >= 0.3 is 5.97 Å². The summed E-state index contributed by atoms with van der Waals surface area (Å²) in [4.78, 5) is 33.0. The largest absolute Gasteiger partial charge is 0.480 e. The number of rotatable bonds is 11. The molecule has 1 heterocycles. The zero-order valence-electron chi connectivity index (χ0n) is 22.9. The highest BCUT2D eigenvalue weighted by atomic mass is 35.5. The second-order valence-electron chi connectivity index (χ2n) is 10.2. The average molecular weight is 633 g/mol. The number of amides is 1. The second-order valence-corrected chi connectivity index (χ2v) is 12.4. The Morgan fingerprint density at radius 1 is 1.07 bits per heavy atom. The molecule has 216 valence electrons. The van der Waals surface area contributed by atoms with Crippen LogP contribution in [-0.2, 0) is 16.1 Å². The Labute approximate surface area is 260 Å². The summed E-state index contributed by atoms with van der Waals surface area (Å²) in [5, 5.41) is 14.5. The number of carbonyl (C=O) groups is 2. The van der Waals surface area contributed by atoms with E-state index in [9.17, 15) is 14.7 Å². The Morgan fingerprint density at radius 3 is 2.51 bits per heavy atom. The molecule has 0 aromatic heterocycles. The topological polar surface area (TPSA) is 82.0 Å². The number of halogens is 3. The highest BCUT2D eigenvalue weighted by Gasteiger charge is 2.43. The van der Waals surface area contributed by atoms with Crippen molar-refractivity contribution >= 4 is 69.8 Å². The summed E-state index contributed by atoms with van der Waals surface area (Å²) < 4.78 is 0. The lowest BCUT2D eigenvalue weighted by molar-refractivity contribution is -0.138. The number of carboxylic acids is 1. The number of nitrogens with zero attached hydrogens (tertiary/aromatic N) is 2. The molecular weight excluding hydrogens is 601 g/mol. The Morgan fingerprint density at radius 2 is 1.83 bits per heavy atom. The van der Waals surface area contributed by atoms with E-state index in [1.54, 1.807) is 36.0 Å². The van der Waals surface area contributed by atoms with E-state index in [1.165, 1.54) is 0 Å². The predicted octanol–water partition coefficient (Wildman–Crippen LogP) is 7.68. The average Bonchev–Trinajstić information content (AvgIpc) is 3.33. The Hall–Kier alpha value is -2.55. The van der Waals surface area contributed by atoms with Crippen LogP contribution in [0.3, 0.4) is 0 Å². The van der Waals surface area contributed by atoms with E-state index in [1.807, 2.05) is 55.6 Å². The number of anilines is 1. The Bertz CT molecular complexity index is 1440. The number of aliphatic carboxylic acids is 1. The van der Waals surface area contributed by atoms with Gasteiger partial charge in [0.2, 0.25) is 5.91 Å². The lowest BCUT2D eigenvalue weighted by Crippen LogP contribution is -2.50. The number of nitrogens with one attached hydrogen (secondary N) is 1. The van der Waals surface area contributed by atoms with Crippen molar-refractivity contribution < 1.29 is 14.7 Å². The zero-order chi connectivity index (χ0) is 29.6. The highest BCUT2D eigenvalue weighted by molar-refractivity contribution is 7.98. The summed E-state index contributed by atoms with van der Waals surface area (Å²) >= 11 is 20.4. The van der Waals surface area contributed by atoms with E-state index in [0.29, 0.717) is 57.2 Å².